The second kappa shape index (κ2) is 12.4. The van der Waals surface area contributed by atoms with Crippen molar-refractivity contribution in [3.63, 3.8) is 0 Å². The first-order valence-corrected chi connectivity index (χ1v) is 13.2. The summed E-state index contributed by atoms with van der Waals surface area (Å²) in [4.78, 5) is 33.0. The van der Waals surface area contributed by atoms with Gasteiger partial charge in [0, 0.05) is 29.6 Å². The van der Waals surface area contributed by atoms with Gasteiger partial charge >= 0.3 is 0 Å². The van der Waals surface area contributed by atoms with Crippen molar-refractivity contribution in [1.29, 1.82) is 0 Å². The van der Waals surface area contributed by atoms with Crippen LogP contribution in [0.1, 0.15) is 49.5 Å². The van der Waals surface area contributed by atoms with Crippen LogP contribution in [0.5, 0.6) is 5.75 Å². The van der Waals surface area contributed by atoms with Crippen molar-refractivity contribution in [3.8, 4) is 22.7 Å². The summed E-state index contributed by atoms with van der Waals surface area (Å²) < 4.78 is 7.16. The Morgan fingerprint density at radius 3 is 2.31 bits per heavy atom. The Bertz CT molecular complexity index is 1410. The predicted octanol–water partition coefficient (Wildman–Crippen LogP) is 6.41. The van der Waals surface area contributed by atoms with Crippen molar-refractivity contribution in [1.82, 2.24) is 14.5 Å². The van der Waals surface area contributed by atoms with Crippen LogP contribution < -0.4 is 10.1 Å². The Balaban J connectivity index is 1.62. The fourth-order valence-corrected chi connectivity index (χ4v) is 4.37. The van der Waals surface area contributed by atoms with E-state index in [-0.39, 0.29) is 24.3 Å². The molecule has 1 N–H and O–H groups in total. The standard InChI is InChI=1S/C32H36N4O3/c1-22(2)19-35(31(38)26-12-9-13-28(18-26)39-5)21-30(37)34-32-33-29(25-10-7-6-8-11-25)20-36(32)27-16-14-24(15-17-27)23(3)4/h6-18,20,22-23H,19,21H2,1-5H3,(H,33,34,37). The molecule has 0 radical (unpaired) electrons. The Kier molecular flexibility index (Phi) is 8.81. The van der Waals surface area contributed by atoms with E-state index in [9.17, 15) is 9.59 Å². The molecule has 0 saturated heterocycles. The molecule has 0 aliphatic rings. The van der Waals surface area contributed by atoms with Crippen molar-refractivity contribution in [2.45, 2.75) is 33.6 Å². The molecule has 0 unspecified atom stereocenters. The average Bonchev–Trinajstić information content (AvgIpc) is 3.36. The Morgan fingerprint density at radius 2 is 1.67 bits per heavy atom. The first kappa shape index (κ1) is 27.6. The number of anilines is 1. The smallest absolute Gasteiger partial charge is 0.254 e. The Morgan fingerprint density at radius 1 is 0.949 bits per heavy atom. The van der Waals surface area contributed by atoms with Gasteiger partial charge in [0.05, 0.1) is 12.8 Å². The van der Waals surface area contributed by atoms with Gasteiger partial charge in [-0.1, -0.05) is 76.2 Å². The molecular weight excluding hydrogens is 488 g/mol. The molecule has 4 aromatic rings. The summed E-state index contributed by atoms with van der Waals surface area (Å²) in [5, 5.41) is 2.96. The van der Waals surface area contributed by atoms with E-state index in [1.165, 1.54) is 5.56 Å². The van der Waals surface area contributed by atoms with Gasteiger partial charge in [-0.25, -0.2) is 4.98 Å². The van der Waals surface area contributed by atoms with Crippen LogP contribution in [0.4, 0.5) is 5.95 Å². The normalized spacial score (nSPS) is 11.1. The van der Waals surface area contributed by atoms with Crippen molar-refractivity contribution in [2.75, 3.05) is 25.5 Å². The molecule has 3 aromatic carbocycles. The molecular formula is C32H36N4O3. The molecule has 0 saturated carbocycles. The molecule has 1 aromatic heterocycles. The SMILES string of the molecule is COc1cccc(C(=O)N(CC(=O)Nc2nc(-c3ccccc3)cn2-c2ccc(C(C)C)cc2)CC(C)C)c1. The van der Waals surface area contributed by atoms with Crippen molar-refractivity contribution in [3.05, 3.63) is 96.2 Å². The number of rotatable bonds is 10. The molecule has 4 rings (SSSR count). The van der Waals surface area contributed by atoms with Crippen LogP contribution in [0, 0.1) is 5.92 Å². The van der Waals surface area contributed by atoms with Crippen molar-refractivity contribution in [2.24, 2.45) is 5.92 Å². The minimum atomic E-state index is -0.322. The first-order valence-electron chi connectivity index (χ1n) is 13.2. The largest absolute Gasteiger partial charge is 0.497 e. The second-order valence-corrected chi connectivity index (χ2v) is 10.3. The Labute approximate surface area is 230 Å². The lowest BCUT2D eigenvalue weighted by molar-refractivity contribution is -0.117. The number of methoxy groups -OCH3 is 1. The fraction of sp³-hybridized carbons (Fsp3) is 0.281. The van der Waals surface area contributed by atoms with E-state index in [4.69, 9.17) is 9.72 Å². The molecule has 0 spiro atoms. The molecule has 2 amide bonds. The van der Waals surface area contributed by atoms with Gasteiger partial charge in [-0.05, 0) is 47.7 Å². The van der Waals surface area contributed by atoms with Gasteiger partial charge < -0.3 is 9.64 Å². The van der Waals surface area contributed by atoms with E-state index >= 15 is 0 Å². The molecule has 202 valence electrons. The number of ether oxygens (including phenoxy) is 1. The van der Waals surface area contributed by atoms with Gasteiger partial charge in [-0.2, -0.15) is 0 Å². The molecule has 1 heterocycles. The number of aromatic nitrogens is 2. The van der Waals surface area contributed by atoms with Gasteiger partial charge in [-0.15, -0.1) is 0 Å². The summed E-state index contributed by atoms with van der Waals surface area (Å²) in [6.45, 7) is 8.67. The van der Waals surface area contributed by atoms with Crippen LogP contribution in [0.3, 0.4) is 0 Å². The van der Waals surface area contributed by atoms with Crippen LogP contribution in [0.15, 0.2) is 85.1 Å². The number of hydrogen-bond acceptors (Lipinski definition) is 4. The molecule has 7 nitrogen and oxygen atoms in total. The summed E-state index contributed by atoms with van der Waals surface area (Å²) >= 11 is 0. The number of benzene rings is 3. The maximum Gasteiger partial charge on any atom is 0.254 e. The predicted molar refractivity (Wildman–Crippen MR) is 155 cm³/mol. The number of hydrogen-bond donors (Lipinski definition) is 1. The lowest BCUT2D eigenvalue weighted by atomic mass is 10.0. The summed E-state index contributed by atoms with van der Waals surface area (Å²) in [5.74, 6) is 1.03. The summed E-state index contributed by atoms with van der Waals surface area (Å²) in [6.07, 6.45) is 1.92. The van der Waals surface area contributed by atoms with Gasteiger partial charge in [-0.3, -0.25) is 19.5 Å². The van der Waals surface area contributed by atoms with Crippen LogP contribution in [0.2, 0.25) is 0 Å². The zero-order valence-corrected chi connectivity index (χ0v) is 23.2. The summed E-state index contributed by atoms with van der Waals surface area (Å²) in [5.41, 5.74) is 4.27. The average molecular weight is 525 g/mol. The van der Waals surface area contributed by atoms with Crippen molar-refractivity contribution < 1.29 is 14.3 Å². The molecule has 0 bridgehead atoms. The zero-order chi connectivity index (χ0) is 27.9. The molecule has 0 fully saturated rings. The van der Waals surface area contributed by atoms with E-state index in [0.717, 1.165) is 16.9 Å². The highest BCUT2D eigenvalue weighted by Gasteiger charge is 2.22. The van der Waals surface area contributed by atoms with E-state index in [1.54, 1.807) is 36.3 Å². The number of nitrogens with one attached hydrogen (secondary N) is 1. The van der Waals surface area contributed by atoms with E-state index in [1.807, 2.05) is 67.1 Å². The molecule has 0 atom stereocenters. The number of carbonyl (C=O) groups is 2. The van der Waals surface area contributed by atoms with Gasteiger partial charge in [0.2, 0.25) is 11.9 Å². The topological polar surface area (TPSA) is 76.5 Å². The number of amides is 2. The molecule has 39 heavy (non-hydrogen) atoms. The van der Waals surface area contributed by atoms with Crippen LogP contribution in [0.25, 0.3) is 16.9 Å². The van der Waals surface area contributed by atoms with E-state index in [0.29, 0.717) is 29.7 Å². The van der Waals surface area contributed by atoms with Gasteiger partial charge in [0.25, 0.3) is 5.91 Å². The summed E-state index contributed by atoms with van der Waals surface area (Å²) in [7, 11) is 1.56. The third kappa shape index (κ3) is 6.93. The lowest BCUT2D eigenvalue weighted by Gasteiger charge is -2.24. The maximum absolute atomic E-state index is 13.4. The number of imidazole rings is 1. The quantitative estimate of drug-likeness (QED) is 0.260. The van der Waals surface area contributed by atoms with E-state index < -0.39 is 0 Å². The van der Waals surface area contributed by atoms with Gasteiger partial charge in [0.15, 0.2) is 0 Å². The molecule has 0 aliphatic heterocycles. The monoisotopic (exact) mass is 524 g/mol. The molecule has 0 aliphatic carbocycles. The van der Waals surface area contributed by atoms with Crippen molar-refractivity contribution >= 4 is 17.8 Å². The zero-order valence-electron chi connectivity index (χ0n) is 23.2. The Hall–Kier alpha value is -4.39. The highest BCUT2D eigenvalue weighted by molar-refractivity contribution is 5.99. The van der Waals surface area contributed by atoms with Crippen LogP contribution in [-0.4, -0.2) is 46.5 Å². The third-order valence-electron chi connectivity index (χ3n) is 6.39. The summed E-state index contributed by atoms with van der Waals surface area (Å²) in [6, 6.07) is 25.0. The second-order valence-electron chi connectivity index (χ2n) is 10.3. The number of nitrogens with zero attached hydrogens (tertiary/aromatic N) is 3. The minimum Gasteiger partial charge on any atom is -0.497 e. The first-order chi connectivity index (χ1) is 18.7. The fourth-order valence-electron chi connectivity index (χ4n) is 4.37. The minimum absolute atomic E-state index is 0.103. The van der Waals surface area contributed by atoms with Crippen LogP contribution in [-0.2, 0) is 4.79 Å². The highest BCUT2D eigenvalue weighted by atomic mass is 16.5. The third-order valence-corrected chi connectivity index (χ3v) is 6.39. The molecule has 7 heteroatoms. The number of carbonyl (C=O) groups excluding carboxylic acids is 2. The lowest BCUT2D eigenvalue weighted by Crippen LogP contribution is -2.40. The van der Waals surface area contributed by atoms with Gasteiger partial charge in [0.1, 0.15) is 12.3 Å². The van der Waals surface area contributed by atoms with Crippen LogP contribution >= 0.6 is 0 Å². The maximum atomic E-state index is 13.4. The highest BCUT2D eigenvalue weighted by Crippen LogP contribution is 2.26. The van der Waals surface area contributed by atoms with E-state index in [2.05, 4.69) is 31.3 Å².